The average molecular weight is 429 g/mol. The van der Waals surface area contributed by atoms with Crippen molar-refractivity contribution in [2.45, 2.75) is 44.4 Å². The predicted molar refractivity (Wildman–Crippen MR) is 113 cm³/mol. The minimum Gasteiger partial charge on any atom is -0.464 e. The van der Waals surface area contributed by atoms with Crippen molar-refractivity contribution in [2.24, 2.45) is 0 Å². The van der Waals surface area contributed by atoms with E-state index >= 15 is 0 Å². The number of aromatic nitrogens is 2. The standard InChI is InChI=1S/C23H25F2N3O3/c1-30-23(29)21-22(26-13-19(27-21)15-5-6-15)28-18-4-2-3-16(14-9-11-31-12-10-14)17(18)7-8-20(24)25/h2-4,9,13,15,20H,5-8,10-12H2,1H3,(H,26,28). The van der Waals surface area contributed by atoms with Crippen LogP contribution in [0.15, 0.2) is 30.5 Å². The number of nitrogens with one attached hydrogen (secondary N) is 1. The zero-order valence-electron chi connectivity index (χ0n) is 17.4. The molecule has 8 heteroatoms. The second-order valence-electron chi connectivity index (χ2n) is 7.70. The van der Waals surface area contributed by atoms with Crippen LogP contribution in [0.2, 0.25) is 0 Å². The molecule has 2 aromatic rings. The highest BCUT2D eigenvalue weighted by Gasteiger charge is 2.28. The lowest BCUT2D eigenvalue weighted by molar-refractivity contribution is 0.0594. The molecule has 0 bridgehead atoms. The van der Waals surface area contributed by atoms with Gasteiger partial charge in [0.1, 0.15) is 0 Å². The number of nitrogens with zero attached hydrogens (tertiary/aromatic N) is 2. The molecule has 0 amide bonds. The van der Waals surface area contributed by atoms with Gasteiger partial charge in [-0.2, -0.15) is 0 Å². The van der Waals surface area contributed by atoms with Gasteiger partial charge in [-0.1, -0.05) is 18.2 Å². The zero-order valence-corrected chi connectivity index (χ0v) is 17.4. The Morgan fingerprint density at radius 3 is 2.87 bits per heavy atom. The number of halogens is 2. The summed E-state index contributed by atoms with van der Waals surface area (Å²) < 4.78 is 36.4. The summed E-state index contributed by atoms with van der Waals surface area (Å²) in [6.45, 7) is 1.10. The number of rotatable bonds is 8. The second-order valence-corrected chi connectivity index (χ2v) is 7.70. The molecular weight excluding hydrogens is 404 g/mol. The minimum atomic E-state index is -2.41. The van der Waals surface area contributed by atoms with Crippen LogP contribution in [0.25, 0.3) is 5.57 Å². The van der Waals surface area contributed by atoms with Gasteiger partial charge in [-0.05, 0) is 48.4 Å². The van der Waals surface area contributed by atoms with Gasteiger partial charge in [0.25, 0.3) is 0 Å². The van der Waals surface area contributed by atoms with Crippen LogP contribution >= 0.6 is 0 Å². The van der Waals surface area contributed by atoms with Crippen LogP contribution in [-0.2, 0) is 15.9 Å². The molecule has 1 saturated carbocycles. The van der Waals surface area contributed by atoms with Gasteiger partial charge in [0.15, 0.2) is 11.5 Å². The maximum atomic E-state index is 13.1. The molecule has 0 unspecified atom stereocenters. The van der Waals surface area contributed by atoms with E-state index < -0.39 is 12.4 Å². The SMILES string of the molecule is COC(=O)c1nc(C2CC2)cnc1Nc1cccc(C2=CCOCC2)c1CCC(F)F. The van der Waals surface area contributed by atoms with Crippen LogP contribution in [0.1, 0.15) is 58.9 Å². The van der Waals surface area contributed by atoms with Gasteiger partial charge < -0.3 is 14.8 Å². The van der Waals surface area contributed by atoms with Crippen LogP contribution in [0, 0.1) is 0 Å². The van der Waals surface area contributed by atoms with E-state index in [1.807, 2.05) is 24.3 Å². The fourth-order valence-corrected chi connectivity index (χ4v) is 3.74. The van der Waals surface area contributed by atoms with Gasteiger partial charge in [-0.15, -0.1) is 0 Å². The lowest BCUT2D eigenvalue weighted by Gasteiger charge is -2.21. The van der Waals surface area contributed by atoms with Gasteiger partial charge in [0.2, 0.25) is 6.43 Å². The van der Waals surface area contributed by atoms with Gasteiger partial charge in [-0.25, -0.2) is 23.5 Å². The molecule has 6 nitrogen and oxygen atoms in total. The largest absolute Gasteiger partial charge is 0.464 e. The number of esters is 1. The van der Waals surface area contributed by atoms with E-state index in [-0.39, 0.29) is 24.4 Å². The van der Waals surface area contributed by atoms with Crippen LogP contribution in [0.5, 0.6) is 0 Å². The summed E-state index contributed by atoms with van der Waals surface area (Å²) >= 11 is 0. The number of alkyl halides is 2. The van der Waals surface area contributed by atoms with Crippen molar-refractivity contribution < 1.29 is 23.0 Å². The summed E-state index contributed by atoms with van der Waals surface area (Å²) in [6, 6.07) is 5.61. The second kappa shape index (κ2) is 9.51. The molecule has 0 saturated heterocycles. The van der Waals surface area contributed by atoms with Crippen molar-refractivity contribution in [1.82, 2.24) is 9.97 Å². The Hall–Kier alpha value is -2.87. The normalized spacial score (nSPS) is 16.2. The molecule has 31 heavy (non-hydrogen) atoms. The van der Waals surface area contributed by atoms with E-state index in [1.165, 1.54) is 7.11 Å². The minimum absolute atomic E-state index is 0.0994. The Morgan fingerprint density at radius 1 is 1.35 bits per heavy atom. The molecule has 2 heterocycles. The highest BCUT2D eigenvalue weighted by molar-refractivity contribution is 5.93. The Labute approximate surface area is 179 Å². The smallest absolute Gasteiger partial charge is 0.360 e. The monoisotopic (exact) mass is 429 g/mol. The van der Waals surface area contributed by atoms with Crippen molar-refractivity contribution in [2.75, 3.05) is 25.6 Å². The fraction of sp³-hybridized carbons (Fsp3) is 0.435. The third-order valence-corrected chi connectivity index (χ3v) is 5.52. The van der Waals surface area contributed by atoms with Crippen LogP contribution in [0.4, 0.5) is 20.3 Å². The number of benzene rings is 1. The molecule has 1 aromatic carbocycles. The van der Waals surface area contributed by atoms with Gasteiger partial charge in [0, 0.05) is 18.0 Å². The highest BCUT2D eigenvalue weighted by Crippen LogP contribution is 2.39. The number of anilines is 2. The van der Waals surface area contributed by atoms with Crippen molar-refractivity contribution in [3.05, 3.63) is 53.0 Å². The van der Waals surface area contributed by atoms with E-state index in [0.717, 1.165) is 35.2 Å². The molecule has 164 valence electrons. The third kappa shape index (κ3) is 5.07. The molecule has 4 rings (SSSR count). The summed E-state index contributed by atoms with van der Waals surface area (Å²) in [7, 11) is 1.30. The van der Waals surface area contributed by atoms with Gasteiger partial charge in [-0.3, -0.25) is 0 Å². The quantitative estimate of drug-likeness (QED) is 0.603. The molecule has 1 aliphatic carbocycles. The molecule has 1 fully saturated rings. The molecule has 2 aliphatic rings. The molecule has 1 N–H and O–H groups in total. The van der Waals surface area contributed by atoms with Crippen molar-refractivity contribution in [3.8, 4) is 0 Å². The Kier molecular flexibility index (Phi) is 6.56. The number of methoxy groups -OCH3 is 1. The first-order valence-corrected chi connectivity index (χ1v) is 10.5. The number of carbonyl (C=O) groups is 1. The number of hydrogen-bond donors (Lipinski definition) is 1. The van der Waals surface area contributed by atoms with E-state index in [1.54, 1.807) is 6.20 Å². The maximum Gasteiger partial charge on any atom is 0.360 e. The third-order valence-electron chi connectivity index (χ3n) is 5.52. The fourth-order valence-electron chi connectivity index (χ4n) is 3.74. The summed E-state index contributed by atoms with van der Waals surface area (Å²) in [5.74, 6) is -0.00192. The van der Waals surface area contributed by atoms with E-state index in [9.17, 15) is 13.6 Å². The summed E-state index contributed by atoms with van der Waals surface area (Å²) in [4.78, 5) is 21.2. The topological polar surface area (TPSA) is 73.3 Å². The van der Waals surface area contributed by atoms with Crippen LogP contribution in [-0.4, -0.2) is 42.7 Å². The van der Waals surface area contributed by atoms with Crippen molar-refractivity contribution in [3.63, 3.8) is 0 Å². The summed E-state index contributed by atoms with van der Waals surface area (Å²) in [5.41, 5.74) is 4.25. The van der Waals surface area contributed by atoms with Crippen molar-refractivity contribution >= 4 is 23.0 Å². The first-order valence-electron chi connectivity index (χ1n) is 10.5. The Balaban J connectivity index is 1.72. The van der Waals surface area contributed by atoms with Crippen LogP contribution in [0.3, 0.4) is 0 Å². The predicted octanol–water partition coefficient (Wildman–Crippen LogP) is 4.89. The van der Waals surface area contributed by atoms with E-state index in [4.69, 9.17) is 9.47 Å². The zero-order chi connectivity index (χ0) is 21.8. The molecule has 1 aromatic heterocycles. The van der Waals surface area contributed by atoms with Crippen LogP contribution < -0.4 is 5.32 Å². The van der Waals surface area contributed by atoms with Gasteiger partial charge in [0.05, 0.1) is 32.2 Å². The van der Waals surface area contributed by atoms with Crippen molar-refractivity contribution in [1.29, 1.82) is 0 Å². The summed E-state index contributed by atoms with van der Waals surface area (Å²) in [6.07, 6.45) is 3.94. The number of ether oxygens (including phenoxy) is 2. The number of carbonyl (C=O) groups excluding carboxylic acids is 1. The van der Waals surface area contributed by atoms with E-state index in [0.29, 0.717) is 31.2 Å². The maximum absolute atomic E-state index is 13.1. The first-order chi connectivity index (χ1) is 15.1. The molecule has 0 radical (unpaired) electrons. The Bertz CT molecular complexity index is 990. The molecule has 0 spiro atoms. The molecular formula is C23H25F2N3O3. The lowest BCUT2D eigenvalue weighted by Crippen LogP contribution is -2.13. The number of hydrogen-bond acceptors (Lipinski definition) is 6. The molecule has 1 aliphatic heterocycles. The lowest BCUT2D eigenvalue weighted by atomic mass is 9.92. The molecule has 0 atom stereocenters. The highest BCUT2D eigenvalue weighted by atomic mass is 19.3. The Morgan fingerprint density at radius 2 is 2.19 bits per heavy atom. The summed E-state index contributed by atoms with van der Waals surface area (Å²) in [5, 5.41) is 3.17. The first kappa shape index (κ1) is 21.4. The van der Waals surface area contributed by atoms with Gasteiger partial charge >= 0.3 is 5.97 Å². The van der Waals surface area contributed by atoms with E-state index in [2.05, 4.69) is 15.3 Å². The average Bonchev–Trinajstić information content (AvgIpc) is 3.64.